The Morgan fingerprint density at radius 1 is 1.21 bits per heavy atom. The summed E-state index contributed by atoms with van der Waals surface area (Å²) < 4.78 is 16.8. The third-order valence-electron chi connectivity index (χ3n) is 9.78. The summed E-state index contributed by atoms with van der Waals surface area (Å²) in [6.07, 6.45) is 4.02. The van der Waals surface area contributed by atoms with Gasteiger partial charge >= 0.3 is 0 Å². The van der Waals surface area contributed by atoms with E-state index in [1.54, 1.807) is 6.20 Å². The SMILES string of the molecule is C=CC(=O)N1CC2(CCN(c3nc(N4CC(N(C)C)C4)nc4c(F)c(-c5c(C)ccc6cn[nH]c56)c(Cl)cc34)C2)C1C. The average Bonchev–Trinajstić information content (AvgIpc) is 3.60. The van der Waals surface area contributed by atoms with Gasteiger partial charge in [-0.2, -0.15) is 10.1 Å². The number of aromatic nitrogens is 4. The number of rotatable bonds is 5. The van der Waals surface area contributed by atoms with Crippen molar-refractivity contribution in [2.75, 3.05) is 56.6 Å². The highest BCUT2D eigenvalue weighted by Crippen LogP contribution is 2.48. The number of halogens is 2. The molecule has 3 fully saturated rings. The lowest BCUT2D eigenvalue weighted by Gasteiger charge is -2.54. The number of benzene rings is 2. The topological polar surface area (TPSA) is 84.5 Å². The number of nitrogens with one attached hydrogen (secondary N) is 1. The van der Waals surface area contributed by atoms with Crippen LogP contribution in [0.15, 0.2) is 37.1 Å². The summed E-state index contributed by atoms with van der Waals surface area (Å²) in [5.74, 6) is 0.694. The van der Waals surface area contributed by atoms with Crippen LogP contribution in [0.2, 0.25) is 5.02 Å². The standard InChI is InChI=1S/C31H34ClFN8O/c1-6-23(42)41-16-31(18(41)3)9-10-39(15-31)29-21-11-22(32)25(24-17(2)7-8-19-12-34-37-27(19)24)26(33)28(21)35-30(36-29)40-13-20(14-40)38(4)5/h6-8,11-12,18,20H,1,9-10,13-16H2,2-5H3,(H,34,37). The molecule has 9 nitrogen and oxygen atoms in total. The summed E-state index contributed by atoms with van der Waals surface area (Å²) in [4.78, 5) is 30.6. The first-order chi connectivity index (χ1) is 20.1. The first-order valence-corrected chi connectivity index (χ1v) is 14.7. The summed E-state index contributed by atoms with van der Waals surface area (Å²) in [5, 5.41) is 8.98. The molecule has 3 aliphatic heterocycles. The lowest BCUT2D eigenvalue weighted by atomic mass is 9.71. The first kappa shape index (κ1) is 27.1. The van der Waals surface area contributed by atoms with Crippen molar-refractivity contribution in [1.82, 2.24) is 30.0 Å². The lowest BCUT2D eigenvalue weighted by Crippen LogP contribution is -2.65. The average molecular weight is 589 g/mol. The van der Waals surface area contributed by atoms with Crippen LogP contribution in [0.3, 0.4) is 0 Å². The molecule has 5 heterocycles. The molecule has 4 aromatic rings. The Kier molecular flexibility index (Phi) is 6.22. The number of H-pyrrole nitrogens is 1. The number of fused-ring (bicyclic) bond motifs is 2. The van der Waals surface area contributed by atoms with Gasteiger partial charge in [0.05, 0.1) is 16.7 Å². The molecular formula is C31H34ClFN8O. The first-order valence-electron chi connectivity index (χ1n) is 14.3. The van der Waals surface area contributed by atoms with Gasteiger partial charge in [-0.3, -0.25) is 9.89 Å². The van der Waals surface area contributed by atoms with Gasteiger partial charge in [-0.15, -0.1) is 0 Å². The molecule has 1 spiro atoms. The number of carbonyl (C=O) groups excluding carboxylic acids is 1. The van der Waals surface area contributed by atoms with E-state index in [0.717, 1.165) is 42.5 Å². The Bertz CT molecular complexity index is 1770. The number of nitrogens with zero attached hydrogens (tertiary/aromatic N) is 7. The van der Waals surface area contributed by atoms with Gasteiger partial charge in [-0.1, -0.05) is 30.3 Å². The van der Waals surface area contributed by atoms with E-state index in [1.165, 1.54) is 6.08 Å². The van der Waals surface area contributed by atoms with Crippen LogP contribution in [-0.2, 0) is 4.79 Å². The van der Waals surface area contributed by atoms with Gasteiger partial charge < -0.3 is 19.6 Å². The molecule has 7 rings (SSSR count). The van der Waals surface area contributed by atoms with Crippen LogP contribution in [0.5, 0.6) is 0 Å². The summed E-state index contributed by atoms with van der Waals surface area (Å²) in [6.45, 7) is 11.4. The van der Waals surface area contributed by atoms with Crippen molar-refractivity contribution in [3.8, 4) is 11.1 Å². The number of hydrogen-bond donors (Lipinski definition) is 1. The molecule has 42 heavy (non-hydrogen) atoms. The Hall–Kier alpha value is -3.76. The van der Waals surface area contributed by atoms with Crippen LogP contribution in [0, 0.1) is 18.2 Å². The molecule has 11 heteroatoms. The Morgan fingerprint density at radius 2 is 2.00 bits per heavy atom. The van der Waals surface area contributed by atoms with Crippen LogP contribution in [0.4, 0.5) is 16.2 Å². The van der Waals surface area contributed by atoms with E-state index < -0.39 is 5.82 Å². The molecule has 0 radical (unpaired) electrons. The zero-order valence-electron chi connectivity index (χ0n) is 24.3. The van der Waals surface area contributed by atoms with Crippen LogP contribution >= 0.6 is 11.6 Å². The molecule has 2 aromatic carbocycles. The molecule has 3 aliphatic rings. The summed E-state index contributed by atoms with van der Waals surface area (Å²) >= 11 is 6.93. The molecule has 0 bridgehead atoms. The highest BCUT2D eigenvalue weighted by molar-refractivity contribution is 6.35. The zero-order chi connectivity index (χ0) is 29.5. The van der Waals surface area contributed by atoms with Crippen molar-refractivity contribution < 1.29 is 9.18 Å². The minimum atomic E-state index is -0.467. The maximum absolute atomic E-state index is 16.8. The Labute approximate surface area is 248 Å². The van der Waals surface area contributed by atoms with Gasteiger partial charge in [-0.25, -0.2) is 9.37 Å². The Balaban J connectivity index is 1.35. The minimum absolute atomic E-state index is 0.0430. The van der Waals surface area contributed by atoms with E-state index in [4.69, 9.17) is 21.6 Å². The van der Waals surface area contributed by atoms with Gasteiger partial charge in [0.15, 0.2) is 5.82 Å². The molecule has 0 saturated carbocycles. The molecular weight excluding hydrogens is 555 g/mol. The molecule has 1 amide bonds. The van der Waals surface area contributed by atoms with Crippen LogP contribution < -0.4 is 9.80 Å². The molecule has 1 N–H and O–H groups in total. The third kappa shape index (κ3) is 3.91. The van der Waals surface area contributed by atoms with Gasteiger partial charge in [0.1, 0.15) is 11.3 Å². The monoisotopic (exact) mass is 588 g/mol. The molecule has 2 unspecified atom stereocenters. The second-order valence-electron chi connectivity index (χ2n) is 12.3. The minimum Gasteiger partial charge on any atom is -0.355 e. The van der Waals surface area contributed by atoms with E-state index in [2.05, 4.69) is 52.5 Å². The van der Waals surface area contributed by atoms with Gasteiger partial charge in [0.25, 0.3) is 0 Å². The zero-order valence-corrected chi connectivity index (χ0v) is 25.0. The Morgan fingerprint density at radius 3 is 2.71 bits per heavy atom. The second kappa shape index (κ2) is 9.64. The summed E-state index contributed by atoms with van der Waals surface area (Å²) in [5.41, 5.74) is 2.83. The molecule has 2 atom stereocenters. The van der Waals surface area contributed by atoms with E-state index in [9.17, 15) is 4.79 Å². The predicted molar refractivity (Wildman–Crippen MR) is 165 cm³/mol. The van der Waals surface area contributed by atoms with Crippen molar-refractivity contribution in [2.45, 2.75) is 32.4 Å². The lowest BCUT2D eigenvalue weighted by molar-refractivity contribution is -0.145. The van der Waals surface area contributed by atoms with Crippen LogP contribution in [0.25, 0.3) is 32.9 Å². The van der Waals surface area contributed by atoms with E-state index in [0.29, 0.717) is 52.4 Å². The number of likely N-dealkylation sites (tertiary alicyclic amines) is 1. The highest BCUT2D eigenvalue weighted by Gasteiger charge is 2.55. The van der Waals surface area contributed by atoms with Crippen molar-refractivity contribution >= 4 is 51.1 Å². The van der Waals surface area contributed by atoms with Gasteiger partial charge in [-0.05, 0) is 52.1 Å². The van der Waals surface area contributed by atoms with Crippen LogP contribution in [0.1, 0.15) is 18.9 Å². The smallest absolute Gasteiger partial charge is 0.246 e. The van der Waals surface area contributed by atoms with Gasteiger partial charge in [0, 0.05) is 72.1 Å². The van der Waals surface area contributed by atoms with Crippen molar-refractivity contribution in [2.24, 2.45) is 5.41 Å². The number of hydrogen-bond acceptors (Lipinski definition) is 7. The fraction of sp³-hybridized carbons (Fsp3) is 0.419. The van der Waals surface area contributed by atoms with E-state index >= 15 is 4.39 Å². The normalized spacial score (nSPS) is 22.5. The quantitative estimate of drug-likeness (QED) is 0.340. The number of carbonyl (C=O) groups is 1. The van der Waals surface area contributed by atoms with Crippen molar-refractivity contribution in [3.63, 3.8) is 0 Å². The number of amides is 1. The number of aromatic amines is 1. The molecule has 3 saturated heterocycles. The predicted octanol–water partition coefficient (Wildman–Crippen LogP) is 4.64. The molecule has 2 aromatic heterocycles. The molecule has 218 valence electrons. The fourth-order valence-electron chi connectivity index (χ4n) is 6.92. The van der Waals surface area contributed by atoms with Crippen LogP contribution in [-0.4, -0.2) is 94.8 Å². The second-order valence-corrected chi connectivity index (χ2v) is 12.7. The fourth-order valence-corrected chi connectivity index (χ4v) is 7.21. The van der Waals surface area contributed by atoms with Gasteiger partial charge in [0.2, 0.25) is 11.9 Å². The maximum atomic E-state index is 16.8. The largest absolute Gasteiger partial charge is 0.355 e. The van der Waals surface area contributed by atoms with E-state index in [-0.39, 0.29) is 22.9 Å². The third-order valence-corrected chi connectivity index (χ3v) is 10.1. The summed E-state index contributed by atoms with van der Waals surface area (Å²) in [6, 6.07) is 6.20. The maximum Gasteiger partial charge on any atom is 0.246 e. The molecule has 0 aliphatic carbocycles. The number of anilines is 2. The summed E-state index contributed by atoms with van der Waals surface area (Å²) in [7, 11) is 4.12. The van der Waals surface area contributed by atoms with Crippen molar-refractivity contribution in [3.05, 3.63) is 53.5 Å². The number of likely N-dealkylation sites (N-methyl/N-ethyl adjacent to an activating group) is 1. The van der Waals surface area contributed by atoms with Crippen molar-refractivity contribution in [1.29, 1.82) is 0 Å². The number of aryl methyl sites for hydroxylation is 1. The van der Waals surface area contributed by atoms with E-state index in [1.807, 2.05) is 30.0 Å². The highest BCUT2D eigenvalue weighted by atomic mass is 35.5.